The molecule has 268 valence electrons. The lowest BCUT2D eigenvalue weighted by Crippen LogP contribution is -2.61. The molecule has 7 N–H and O–H groups in total. The van der Waals surface area contributed by atoms with Crippen LogP contribution in [0.3, 0.4) is 0 Å². The lowest BCUT2D eigenvalue weighted by molar-refractivity contribution is -0.134. The van der Waals surface area contributed by atoms with Crippen LogP contribution in [0.4, 0.5) is 0 Å². The van der Waals surface area contributed by atoms with E-state index in [0.717, 1.165) is 36.6 Å². The fourth-order valence-corrected chi connectivity index (χ4v) is 7.27. The molecule has 1 aromatic heterocycles. The summed E-state index contributed by atoms with van der Waals surface area (Å²) < 4.78 is 0. The van der Waals surface area contributed by atoms with Crippen molar-refractivity contribution in [3.8, 4) is 0 Å². The quantitative estimate of drug-likeness (QED) is 0.149. The molecule has 0 unspecified atom stereocenters. The summed E-state index contributed by atoms with van der Waals surface area (Å²) in [6, 6.07) is 17.3. The van der Waals surface area contributed by atoms with Gasteiger partial charge in [-0.05, 0) is 62.6 Å². The molecule has 12 heteroatoms. The number of carbonyl (C=O) groups is 4. The average molecular weight is 687 g/mol. The Morgan fingerprint density at radius 1 is 0.960 bits per heavy atom. The smallest absolute Gasteiger partial charge is 0.270 e. The minimum atomic E-state index is -1.32. The maximum atomic E-state index is 13.8. The molecule has 1 saturated heterocycles. The van der Waals surface area contributed by atoms with Gasteiger partial charge in [0.25, 0.3) is 5.91 Å². The number of amides is 4. The van der Waals surface area contributed by atoms with E-state index in [4.69, 9.17) is 5.73 Å². The van der Waals surface area contributed by atoms with Crippen LogP contribution in [0.1, 0.15) is 68.4 Å². The van der Waals surface area contributed by atoms with Crippen molar-refractivity contribution in [1.82, 2.24) is 25.8 Å². The van der Waals surface area contributed by atoms with Gasteiger partial charge < -0.3 is 31.9 Å². The van der Waals surface area contributed by atoms with Crippen molar-refractivity contribution in [2.75, 3.05) is 19.7 Å². The second-order valence-corrected chi connectivity index (χ2v) is 14.5. The van der Waals surface area contributed by atoms with Crippen molar-refractivity contribution in [2.45, 2.75) is 88.6 Å². The number of para-hydroxylation sites is 1. The standard InChI is InChI=1S/C38H50N6O6/c1-38(2,23-45)43-37(50)32-19-26-13-6-7-14-27(26)21-44(32)22-33(46)30(18-24-10-4-3-5-11-24)41-36(49)31(20-34(39)47)42-35(48)29-17-16-25-12-8-9-15-28(25)40-29/h3-5,8-12,15-17,26-27,30-33,45-46H,6-7,13-14,18-23H2,1-2H3,(H2,39,47)(H,41,49)(H,42,48)(H,43,50)/t26-,27+,30-,31-,32-,33+/m0/s1. The summed E-state index contributed by atoms with van der Waals surface area (Å²) >= 11 is 0. The molecule has 50 heavy (non-hydrogen) atoms. The number of likely N-dealkylation sites (tertiary alicyclic amines) is 1. The summed E-state index contributed by atoms with van der Waals surface area (Å²) in [5.74, 6) is -1.51. The number of rotatable bonds is 14. The highest BCUT2D eigenvalue weighted by atomic mass is 16.3. The third-order valence-corrected chi connectivity index (χ3v) is 10.0. The third kappa shape index (κ3) is 9.64. The number of nitrogens with zero attached hydrogens (tertiary/aromatic N) is 2. The number of hydrogen-bond donors (Lipinski definition) is 6. The second kappa shape index (κ2) is 16.5. The Morgan fingerprint density at radius 3 is 2.38 bits per heavy atom. The van der Waals surface area contributed by atoms with Crippen LogP contribution < -0.4 is 21.7 Å². The molecule has 6 atom stereocenters. The van der Waals surface area contributed by atoms with E-state index in [0.29, 0.717) is 30.3 Å². The van der Waals surface area contributed by atoms with E-state index >= 15 is 0 Å². The number of piperidine rings is 1. The van der Waals surface area contributed by atoms with Crippen molar-refractivity contribution in [2.24, 2.45) is 17.6 Å². The molecule has 3 aromatic rings. The lowest BCUT2D eigenvalue weighted by Gasteiger charge is -2.47. The molecule has 1 aliphatic carbocycles. The van der Waals surface area contributed by atoms with Gasteiger partial charge in [0.05, 0.1) is 42.3 Å². The number of nitrogens with two attached hydrogens (primary N) is 1. The van der Waals surface area contributed by atoms with Gasteiger partial charge in [-0.3, -0.25) is 24.1 Å². The van der Waals surface area contributed by atoms with Crippen molar-refractivity contribution in [3.63, 3.8) is 0 Å². The SMILES string of the molecule is CC(C)(CO)NC(=O)[C@@H]1C[C@@H]2CCCC[C@@H]2CN1C[C@@H](O)[C@H](Cc1ccccc1)NC(=O)[C@H](CC(N)=O)NC(=O)c1ccc2ccccc2n1. The largest absolute Gasteiger partial charge is 0.394 e. The number of fused-ring (bicyclic) bond motifs is 2. The van der Waals surface area contributed by atoms with Crippen LogP contribution in [0.5, 0.6) is 0 Å². The summed E-state index contributed by atoms with van der Waals surface area (Å²) in [7, 11) is 0. The first kappa shape index (κ1) is 36.9. The van der Waals surface area contributed by atoms with Crippen molar-refractivity contribution >= 4 is 34.5 Å². The fraction of sp³-hybridized carbons (Fsp3) is 0.500. The normalized spacial score (nSPS) is 21.3. The van der Waals surface area contributed by atoms with E-state index in [-0.39, 0.29) is 31.2 Å². The Kier molecular flexibility index (Phi) is 12.2. The van der Waals surface area contributed by atoms with E-state index in [9.17, 15) is 29.4 Å². The maximum absolute atomic E-state index is 13.8. The number of hydrogen-bond acceptors (Lipinski definition) is 8. The average Bonchev–Trinajstić information content (AvgIpc) is 3.10. The Bertz CT molecular complexity index is 1650. The molecule has 2 aromatic carbocycles. The highest BCUT2D eigenvalue weighted by Gasteiger charge is 2.42. The van der Waals surface area contributed by atoms with Gasteiger partial charge in [-0.2, -0.15) is 0 Å². The molecular weight excluding hydrogens is 636 g/mol. The zero-order valence-electron chi connectivity index (χ0n) is 28.9. The number of primary amides is 1. The molecule has 0 spiro atoms. The molecule has 0 bridgehead atoms. The van der Waals surface area contributed by atoms with Crippen molar-refractivity contribution < 1.29 is 29.4 Å². The first-order valence-electron chi connectivity index (χ1n) is 17.6. The van der Waals surface area contributed by atoms with Gasteiger partial charge in [-0.1, -0.05) is 73.9 Å². The molecule has 2 aliphatic rings. The highest BCUT2D eigenvalue weighted by molar-refractivity contribution is 5.99. The summed E-state index contributed by atoms with van der Waals surface area (Å²) in [5.41, 5.74) is 6.24. The number of aliphatic hydroxyl groups is 2. The number of aliphatic hydroxyl groups excluding tert-OH is 2. The minimum Gasteiger partial charge on any atom is -0.394 e. The van der Waals surface area contributed by atoms with E-state index in [2.05, 4.69) is 20.9 Å². The van der Waals surface area contributed by atoms with Crippen molar-refractivity contribution in [3.05, 3.63) is 78.0 Å². The number of aromatic nitrogens is 1. The molecule has 0 radical (unpaired) electrons. The van der Waals surface area contributed by atoms with Crippen LogP contribution in [0, 0.1) is 11.8 Å². The molecule has 1 saturated carbocycles. The second-order valence-electron chi connectivity index (χ2n) is 14.5. The number of pyridine rings is 1. The van der Waals surface area contributed by atoms with E-state index in [1.54, 1.807) is 38.1 Å². The molecule has 2 heterocycles. The number of β-amino-alcohol motifs (C(OH)–C–C–N with tert-alkyl or cyclic N) is 1. The predicted octanol–water partition coefficient (Wildman–Crippen LogP) is 2.06. The summed E-state index contributed by atoms with van der Waals surface area (Å²) in [6.45, 7) is 4.04. The number of benzene rings is 2. The van der Waals surface area contributed by atoms with Crippen LogP contribution in [0.15, 0.2) is 66.7 Å². The summed E-state index contributed by atoms with van der Waals surface area (Å²) in [6.07, 6.45) is 3.69. The third-order valence-electron chi connectivity index (χ3n) is 10.0. The summed E-state index contributed by atoms with van der Waals surface area (Å²) in [4.78, 5) is 59.3. The summed E-state index contributed by atoms with van der Waals surface area (Å²) in [5, 5.41) is 31.0. The van der Waals surface area contributed by atoms with Gasteiger partial charge in [0.15, 0.2) is 0 Å². The zero-order chi connectivity index (χ0) is 35.8. The monoisotopic (exact) mass is 686 g/mol. The van der Waals surface area contributed by atoms with Gasteiger partial charge in [0, 0.05) is 18.5 Å². The molecule has 1 aliphatic heterocycles. The molecular formula is C38H50N6O6. The first-order valence-corrected chi connectivity index (χ1v) is 17.6. The van der Waals surface area contributed by atoms with Gasteiger partial charge in [0.1, 0.15) is 11.7 Å². The molecule has 4 amide bonds. The predicted molar refractivity (Wildman–Crippen MR) is 190 cm³/mol. The number of nitrogens with one attached hydrogen (secondary N) is 3. The minimum absolute atomic E-state index is 0.0756. The molecule has 12 nitrogen and oxygen atoms in total. The Hall–Kier alpha value is -4.39. The van der Waals surface area contributed by atoms with E-state index < -0.39 is 53.9 Å². The van der Waals surface area contributed by atoms with Crippen LogP contribution in [-0.4, -0.2) is 93.2 Å². The number of carbonyl (C=O) groups excluding carboxylic acids is 4. The van der Waals surface area contributed by atoms with E-state index in [1.165, 1.54) is 0 Å². The zero-order valence-corrected chi connectivity index (χ0v) is 28.9. The van der Waals surface area contributed by atoms with Gasteiger partial charge >= 0.3 is 0 Å². The molecule has 2 fully saturated rings. The van der Waals surface area contributed by atoms with Crippen LogP contribution in [0.25, 0.3) is 10.9 Å². The molecule has 5 rings (SSSR count). The van der Waals surface area contributed by atoms with Crippen LogP contribution >= 0.6 is 0 Å². The van der Waals surface area contributed by atoms with Crippen LogP contribution in [0.2, 0.25) is 0 Å². The maximum Gasteiger partial charge on any atom is 0.270 e. The topological polar surface area (TPSA) is 187 Å². The first-order chi connectivity index (χ1) is 23.9. The Labute approximate surface area is 293 Å². The van der Waals surface area contributed by atoms with E-state index in [1.807, 2.05) is 47.4 Å². The Morgan fingerprint density at radius 2 is 1.66 bits per heavy atom. The lowest BCUT2D eigenvalue weighted by atomic mass is 9.72. The van der Waals surface area contributed by atoms with Crippen LogP contribution in [-0.2, 0) is 20.8 Å². The fourth-order valence-electron chi connectivity index (χ4n) is 7.27. The van der Waals surface area contributed by atoms with Gasteiger partial charge in [-0.25, -0.2) is 4.98 Å². The van der Waals surface area contributed by atoms with Gasteiger partial charge in [0.2, 0.25) is 17.7 Å². The highest BCUT2D eigenvalue weighted by Crippen LogP contribution is 2.39. The Balaban J connectivity index is 1.36. The van der Waals surface area contributed by atoms with Crippen molar-refractivity contribution in [1.29, 1.82) is 0 Å². The van der Waals surface area contributed by atoms with Gasteiger partial charge in [-0.15, -0.1) is 0 Å².